The Morgan fingerprint density at radius 1 is 1.21 bits per heavy atom. The maximum absolute atomic E-state index is 13.1. The summed E-state index contributed by atoms with van der Waals surface area (Å²) in [5.41, 5.74) is 0.661. The Bertz CT molecular complexity index is 894. The molecule has 4 rings (SSSR count). The van der Waals surface area contributed by atoms with Gasteiger partial charge in [0.15, 0.2) is 0 Å². The van der Waals surface area contributed by atoms with Gasteiger partial charge in [-0.25, -0.2) is 15.0 Å². The Labute approximate surface area is 166 Å². The number of fused-ring (bicyclic) bond motifs is 1. The standard InChI is InChI=1S/C19H22F3N7/c1-23-15-10-28-18(27-7-11-2-4-24-5-3-11)29-16(15)14-9-26-17-13(14)6-12(8-25-17)19(20,21)22/h6,8,10-11,14,24H,1-5,7,9H2,(H,25,26)(H,27,28,29). The van der Waals surface area contributed by atoms with Crippen LogP contribution < -0.4 is 16.0 Å². The molecule has 0 bridgehead atoms. The summed E-state index contributed by atoms with van der Waals surface area (Å²) in [5.74, 6) is 0.996. The van der Waals surface area contributed by atoms with Gasteiger partial charge in [-0.05, 0) is 44.6 Å². The normalized spacial score (nSPS) is 19.5. The van der Waals surface area contributed by atoms with E-state index >= 15 is 0 Å². The SMILES string of the molecule is C=Nc1cnc(NCC2CCNCC2)nc1C1CNc2ncc(C(F)(F)F)cc21. The number of nitrogens with zero attached hydrogens (tertiary/aromatic N) is 4. The number of nitrogens with one attached hydrogen (secondary N) is 3. The topological polar surface area (TPSA) is 87.1 Å². The predicted molar refractivity (Wildman–Crippen MR) is 105 cm³/mol. The van der Waals surface area contributed by atoms with Crippen molar-refractivity contribution in [2.75, 3.05) is 36.8 Å². The second-order valence-corrected chi connectivity index (χ2v) is 7.29. The third kappa shape index (κ3) is 4.16. The number of hydrogen-bond acceptors (Lipinski definition) is 7. The summed E-state index contributed by atoms with van der Waals surface area (Å²) in [6.07, 6.45) is 0.101. The van der Waals surface area contributed by atoms with Gasteiger partial charge in [0, 0.05) is 30.8 Å². The third-order valence-electron chi connectivity index (χ3n) is 5.40. The van der Waals surface area contributed by atoms with Crippen molar-refractivity contribution in [2.24, 2.45) is 10.9 Å². The number of pyridine rings is 1. The maximum Gasteiger partial charge on any atom is 0.417 e. The van der Waals surface area contributed by atoms with Gasteiger partial charge in [-0.2, -0.15) is 13.2 Å². The second kappa shape index (κ2) is 7.94. The third-order valence-corrected chi connectivity index (χ3v) is 5.40. The van der Waals surface area contributed by atoms with Gasteiger partial charge in [-0.15, -0.1) is 0 Å². The number of hydrogen-bond donors (Lipinski definition) is 3. The summed E-state index contributed by atoms with van der Waals surface area (Å²) in [5, 5.41) is 9.64. The molecule has 0 aromatic carbocycles. The Balaban J connectivity index is 1.60. The van der Waals surface area contributed by atoms with E-state index in [9.17, 15) is 13.2 Å². The molecule has 0 amide bonds. The minimum absolute atomic E-state index is 0.386. The highest BCUT2D eigenvalue weighted by molar-refractivity contribution is 5.61. The van der Waals surface area contributed by atoms with Crippen LogP contribution in [0.3, 0.4) is 0 Å². The fraction of sp³-hybridized carbons (Fsp3) is 0.474. The van der Waals surface area contributed by atoms with Crippen LogP contribution in [0.2, 0.25) is 0 Å². The molecule has 29 heavy (non-hydrogen) atoms. The van der Waals surface area contributed by atoms with Crippen molar-refractivity contribution in [3.05, 3.63) is 35.3 Å². The highest BCUT2D eigenvalue weighted by Gasteiger charge is 2.35. The van der Waals surface area contributed by atoms with Gasteiger partial charge in [0.25, 0.3) is 0 Å². The molecule has 10 heteroatoms. The molecule has 2 aliphatic rings. The fourth-order valence-electron chi connectivity index (χ4n) is 3.78. The van der Waals surface area contributed by atoms with E-state index in [1.54, 1.807) is 6.20 Å². The lowest BCUT2D eigenvalue weighted by Gasteiger charge is -2.23. The van der Waals surface area contributed by atoms with Gasteiger partial charge in [0.05, 0.1) is 17.5 Å². The molecule has 1 fully saturated rings. The van der Waals surface area contributed by atoms with E-state index in [4.69, 9.17) is 0 Å². The number of rotatable bonds is 5. The van der Waals surface area contributed by atoms with Crippen LogP contribution in [0.25, 0.3) is 0 Å². The van der Waals surface area contributed by atoms with Crippen molar-refractivity contribution in [1.29, 1.82) is 0 Å². The number of anilines is 2. The van der Waals surface area contributed by atoms with E-state index in [0.717, 1.165) is 44.7 Å². The highest BCUT2D eigenvalue weighted by Crippen LogP contribution is 2.40. The smallest absolute Gasteiger partial charge is 0.369 e. The zero-order valence-corrected chi connectivity index (χ0v) is 15.8. The van der Waals surface area contributed by atoms with Crippen LogP contribution in [0.1, 0.15) is 35.6 Å². The van der Waals surface area contributed by atoms with Gasteiger partial charge < -0.3 is 16.0 Å². The molecule has 1 atom stereocenters. The Morgan fingerprint density at radius 3 is 2.72 bits per heavy atom. The lowest BCUT2D eigenvalue weighted by Crippen LogP contribution is -2.31. The van der Waals surface area contributed by atoms with E-state index in [-0.39, 0.29) is 0 Å². The van der Waals surface area contributed by atoms with Crippen LogP contribution in [0.4, 0.5) is 30.6 Å². The predicted octanol–water partition coefficient (Wildman–Crippen LogP) is 3.19. The van der Waals surface area contributed by atoms with Gasteiger partial charge in [0.2, 0.25) is 5.95 Å². The first-order chi connectivity index (χ1) is 14.0. The fourth-order valence-corrected chi connectivity index (χ4v) is 3.78. The monoisotopic (exact) mass is 405 g/mol. The second-order valence-electron chi connectivity index (χ2n) is 7.29. The molecule has 0 aliphatic carbocycles. The summed E-state index contributed by atoms with van der Waals surface area (Å²) < 4.78 is 39.4. The first-order valence-corrected chi connectivity index (χ1v) is 9.55. The van der Waals surface area contributed by atoms with Crippen molar-refractivity contribution in [3.8, 4) is 0 Å². The van der Waals surface area contributed by atoms with Crippen LogP contribution in [-0.2, 0) is 6.18 Å². The molecular weight excluding hydrogens is 383 g/mol. The van der Waals surface area contributed by atoms with E-state index in [2.05, 4.69) is 42.6 Å². The van der Waals surface area contributed by atoms with Gasteiger partial charge in [-0.1, -0.05) is 0 Å². The van der Waals surface area contributed by atoms with Crippen molar-refractivity contribution >= 4 is 24.2 Å². The quantitative estimate of drug-likeness (QED) is 0.663. The Kier molecular flexibility index (Phi) is 5.35. The van der Waals surface area contributed by atoms with E-state index in [1.165, 1.54) is 0 Å². The molecule has 1 unspecified atom stereocenters. The molecular formula is C19H22F3N7. The van der Waals surface area contributed by atoms with Crippen LogP contribution in [-0.4, -0.2) is 47.8 Å². The average molecular weight is 405 g/mol. The number of aromatic nitrogens is 3. The minimum atomic E-state index is -4.46. The molecule has 0 saturated carbocycles. The number of aliphatic imine (C=N–C) groups is 1. The zero-order valence-electron chi connectivity index (χ0n) is 15.8. The molecule has 3 N–H and O–H groups in total. The zero-order chi connectivity index (χ0) is 20.4. The van der Waals surface area contributed by atoms with Gasteiger partial charge in [0.1, 0.15) is 11.5 Å². The molecule has 2 aromatic rings. The van der Waals surface area contributed by atoms with Crippen molar-refractivity contribution < 1.29 is 13.2 Å². The molecule has 4 heterocycles. The largest absolute Gasteiger partial charge is 0.417 e. The minimum Gasteiger partial charge on any atom is -0.369 e. The summed E-state index contributed by atoms with van der Waals surface area (Å²) in [7, 11) is 0. The first kappa shape index (κ1) is 19.6. The van der Waals surface area contributed by atoms with Crippen LogP contribution in [0, 0.1) is 5.92 Å². The summed E-state index contributed by atoms with van der Waals surface area (Å²) >= 11 is 0. The van der Waals surface area contributed by atoms with Crippen LogP contribution in [0.5, 0.6) is 0 Å². The maximum atomic E-state index is 13.1. The van der Waals surface area contributed by atoms with Crippen molar-refractivity contribution in [1.82, 2.24) is 20.3 Å². The van der Waals surface area contributed by atoms with Gasteiger partial charge in [-0.3, -0.25) is 4.99 Å². The molecule has 0 spiro atoms. The average Bonchev–Trinajstić information content (AvgIpc) is 3.15. The lowest BCUT2D eigenvalue weighted by molar-refractivity contribution is -0.137. The Morgan fingerprint density at radius 2 is 2.00 bits per heavy atom. The van der Waals surface area contributed by atoms with Crippen LogP contribution >= 0.6 is 0 Å². The molecule has 2 aromatic heterocycles. The van der Waals surface area contributed by atoms with Crippen molar-refractivity contribution in [3.63, 3.8) is 0 Å². The molecule has 1 saturated heterocycles. The first-order valence-electron chi connectivity index (χ1n) is 9.55. The number of halogens is 3. The molecule has 154 valence electrons. The van der Waals surface area contributed by atoms with E-state index in [0.29, 0.717) is 41.2 Å². The molecule has 0 radical (unpaired) electrons. The number of alkyl halides is 3. The molecule has 7 nitrogen and oxygen atoms in total. The molecule has 2 aliphatic heterocycles. The summed E-state index contributed by atoms with van der Waals surface area (Å²) in [4.78, 5) is 16.8. The lowest BCUT2D eigenvalue weighted by atomic mass is 9.96. The van der Waals surface area contributed by atoms with Gasteiger partial charge >= 0.3 is 6.18 Å². The van der Waals surface area contributed by atoms with E-state index in [1.807, 2.05) is 0 Å². The van der Waals surface area contributed by atoms with Crippen LogP contribution in [0.15, 0.2) is 23.5 Å². The summed E-state index contributed by atoms with van der Waals surface area (Å²) in [6, 6.07) is 1.13. The van der Waals surface area contributed by atoms with E-state index < -0.39 is 17.7 Å². The Hall–Kier alpha value is -2.75. The summed E-state index contributed by atoms with van der Waals surface area (Å²) in [6.45, 7) is 6.68. The van der Waals surface area contributed by atoms with Crippen molar-refractivity contribution in [2.45, 2.75) is 24.9 Å². The number of piperidine rings is 1. The highest BCUT2D eigenvalue weighted by atomic mass is 19.4.